The molecule has 1 amide bonds. The monoisotopic (exact) mass is 403 g/mol. The summed E-state index contributed by atoms with van der Waals surface area (Å²) in [6.45, 7) is 6.01. The summed E-state index contributed by atoms with van der Waals surface area (Å²) in [4.78, 5) is 36.5. The molecule has 0 aliphatic carbocycles. The van der Waals surface area contributed by atoms with Crippen molar-refractivity contribution >= 4 is 35.1 Å². The molecule has 0 saturated carbocycles. The van der Waals surface area contributed by atoms with Gasteiger partial charge in [-0.25, -0.2) is 9.59 Å². The smallest absolute Gasteiger partial charge is 0.340 e. The number of ether oxygens (including phenoxy) is 2. The first kappa shape index (κ1) is 21.4. The number of carbonyl (C=O) groups is 3. The van der Waals surface area contributed by atoms with E-state index < -0.39 is 11.9 Å². The van der Waals surface area contributed by atoms with Crippen molar-refractivity contribution in [1.82, 2.24) is 0 Å². The molecule has 2 rings (SSSR count). The largest absolute Gasteiger partial charge is 0.465 e. The zero-order chi connectivity index (χ0) is 21.0. The van der Waals surface area contributed by atoms with Gasteiger partial charge in [-0.15, -0.1) is 0 Å². The highest BCUT2D eigenvalue weighted by atomic mass is 35.5. The second-order valence-electron chi connectivity index (χ2n) is 6.44. The maximum atomic E-state index is 12.5. The van der Waals surface area contributed by atoms with E-state index in [1.54, 1.807) is 0 Å². The molecule has 0 unspecified atom stereocenters. The van der Waals surface area contributed by atoms with Crippen LogP contribution < -0.4 is 5.32 Å². The van der Waals surface area contributed by atoms with Gasteiger partial charge in [-0.3, -0.25) is 4.79 Å². The summed E-state index contributed by atoms with van der Waals surface area (Å²) in [6.07, 6.45) is 0.124. The van der Waals surface area contributed by atoms with Gasteiger partial charge in [-0.2, -0.15) is 0 Å². The maximum Gasteiger partial charge on any atom is 0.340 e. The summed E-state index contributed by atoms with van der Waals surface area (Å²) in [5.41, 5.74) is 4.42. The van der Waals surface area contributed by atoms with Crippen molar-refractivity contribution in [1.29, 1.82) is 0 Å². The van der Waals surface area contributed by atoms with Gasteiger partial charge in [0.15, 0.2) is 0 Å². The number of aryl methyl sites for hydroxylation is 2. The number of esters is 2. The molecule has 0 aliphatic rings. The van der Waals surface area contributed by atoms with Crippen molar-refractivity contribution in [2.45, 2.75) is 27.2 Å². The van der Waals surface area contributed by atoms with Crippen LogP contribution in [-0.4, -0.2) is 32.1 Å². The number of rotatable bonds is 5. The number of hydrogen-bond donors (Lipinski definition) is 1. The van der Waals surface area contributed by atoms with Crippen LogP contribution in [0.25, 0.3) is 0 Å². The fourth-order valence-corrected chi connectivity index (χ4v) is 3.07. The third-order valence-electron chi connectivity index (χ3n) is 4.54. The van der Waals surface area contributed by atoms with Crippen LogP contribution in [0.4, 0.5) is 5.69 Å². The van der Waals surface area contributed by atoms with E-state index in [4.69, 9.17) is 16.3 Å². The van der Waals surface area contributed by atoms with Crippen LogP contribution in [0.1, 0.15) is 43.0 Å². The minimum Gasteiger partial charge on any atom is -0.465 e. The molecule has 0 spiro atoms. The van der Waals surface area contributed by atoms with Gasteiger partial charge >= 0.3 is 11.9 Å². The van der Waals surface area contributed by atoms with Gasteiger partial charge in [0.2, 0.25) is 5.91 Å². The first-order valence-corrected chi connectivity index (χ1v) is 8.92. The number of nitrogens with one attached hydrogen (secondary N) is 1. The number of anilines is 1. The van der Waals surface area contributed by atoms with Crippen LogP contribution in [0.5, 0.6) is 0 Å². The number of hydrogen-bond acceptors (Lipinski definition) is 5. The molecule has 0 aliphatic heterocycles. The van der Waals surface area contributed by atoms with E-state index in [0.717, 1.165) is 16.7 Å². The van der Waals surface area contributed by atoms with Crippen molar-refractivity contribution in [3.8, 4) is 0 Å². The average molecular weight is 404 g/mol. The molecule has 6 nitrogen and oxygen atoms in total. The SMILES string of the molecule is COC(=O)c1cc(C(=O)OC)c(NC(=O)Cc2cc(C)c(C)c(C)c2)cc1Cl. The lowest BCUT2D eigenvalue weighted by atomic mass is 9.99. The van der Waals surface area contributed by atoms with E-state index in [1.165, 1.54) is 31.9 Å². The van der Waals surface area contributed by atoms with E-state index in [1.807, 2.05) is 32.9 Å². The average Bonchev–Trinajstić information content (AvgIpc) is 2.64. The van der Waals surface area contributed by atoms with Crippen LogP contribution >= 0.6 is 11.6 Å². The molecule has 7 heteroatoms. The summed E-state index contributed by atoms with van der Waals surface area (Å²) < 4.78 is 9.40. The lowest BCUT2D eigenvalue weighted by Crippen LogP contribution is -2.18. The molecule has 28 heavy (non-hydrogen) atoms. The zero-order valence-electron chi connectivity index (χ0n) is 16.4. The van der Waals surface area contributed by atoms with Gasteiger partial charge in [0.1, 0.15) is 0 Å². The highest BCUT2D eigenvalue weighted by molar-refractivity contribution is 6.34. The third-order valence-corrected chi connectivity index (χ3v) is 4.86. The highest BCUT2D eigenvalue weighted by Crippen LogP contribution is 2.27. The minimum atomic E-state index is -0.709. The fraction of sp³-hybridized carbons (Fsp3) is 0.286. The molecule has 0 bridgehead atoms. The standard InChI is InChI=1S/C21H22ClNO5/c1-11-6-14(7-12(2)13(11)3)8-19(24)23-18-10-17(22)15(20(25)27-4)9-16(18)21(26)28-5/h6-7,9-10H,8H2,1-5H3,(H,23,24). The zero-order valence-corrected chi connectivity index (χ0v) is 17.2. The Morgan fingerprint density at radius 1 is 0.893 bits per heavy atom. The Balaban J connectivity index is 2.34. The van der Waals surface area contributed by atoms with Gasteiger partial charge < -0.3 is 14.8 Å². The van der Waals surface area contributed by atoms with Crippen LogP contribution in [0.3, 0.4) is 0 Å². The second kappa shape index (κ2) is 8.89. The highest BCUT2D eigenvalue weighted by Gasteiger charge is 2.21. The van der Waals surface area contributed by atoms with Gasteiger partial charge in [0.25, 0.3) is 0 Å². The van der Waals surface area contributed by atoms with Crippen molar-refractivity contribution in [3.05, 3.63) is 62.7 Å². The van der Waals surface area contributed by atoms with E-state index in [2.05, 4.69) is 10.1 Å². The Morgan fingerprint density at radius 2 is 1.43 bits per heavy atom. The van der Waals surface area contributed by atoms with Crippen molar-refractivity contribution in [2.75, 3.05) is 19.5 Å². The maximum absolute atomic E-state index is 12.5. The van der Waals surface area contributed by atoms with Crippen LogP contribution in [-0.2, 0) is 20.7 Å². The van der Waals surface area contributed by atoms with Gasteiger partial charge in [-0.1, -0.05) is 23.7 Å². The Hall–Kier alpha value is -2.86. The van der Waals surface area contributed by atoms with Crippen LogP contribution in [0.2, 0.25) is 5.02 Å². The molecule has 1 N–H and O–H groups in total. The number of methoxy groups -OCH3 is 2. The summed E-state index contributed by atoms with van der Waals surface area (Å²) in [6, 6.07) is 6.49. The molecule has 2 aromatic rings. The second-order valence-corrected chi connectivity index (χ2v) is 6.85. The molecule has 0 aromatic heterocycles. The molecule has 148 valence electrons. The molecule has 0 fully saturated rings. The van der Waals surface area contributed by atoms with Crippen LogP contribution in [0.15, 0.2) is 24.3 Å². The van der Waals surface area contributed by atoms with E-state index in [-0.39, 0.29) is 34.2 Å². The number of halogens is 1. The summed E-state index contributed by atoms with van der Waals surface area (Å²) in [7, 11) is 2.41. The summed E-state index contributed by atoms with van der Waals surface area (Å²) in [5.74, 6) is -1.73. The van der Waals surface area contributed by atoms with Crippen LogP contribution in [0, 0.1) is 20.8 Å². The lowest BCUT2D eigenvalue weighted by molar-refractivity contribution is -0.115. The third kappa shape index (κ3) is 4.70. The predicted octanol–water partition coefficient (Wildman–Crippen LogP) is 4.02. The van der Waals surface area contributed by atoms with Crippen molar-refractivity contribution < 1.29 is 23.9 Å². The number of carbonyl (C=O) groups excluding carboxylic acids is 3. The normalized spacial score (nSPS) is 10.4. The number of amides is 1. The molecular formula is C21H22ClNO5. The minimum absolute atomic E-state index is 0.00681. The van der Waals surface area contributed by atoms with E-state index in [9.17, 15) is 14.4 Å². The Bertz CT molecular complexity index is 929. The fourth-order valence-electron chi connectivity index (χ4n) is 2.83. The predicted molar refractivity (Wildman–Crippen MR) is 107 cm³/mol. The van der Waals surface area contributed by atoms with E-state index >= 15 is 0 Å². The molecule has 2 aromatic carbocycles. The quantitative estimate of drug-likeness (QED) is 0.762. The van der Waals surface area contributed by atoms with Gasteiger partial charge in [-0.05, 0) is 55.2 Å². The Morgan fingerprint density at radius 3 is 1.96 bits per heavy atom. The molecular weight excluding hydrogens is 382 g/mol. The molecule has 0 atom stereocenters. The molecule has 0 saturated heterocycles. The van der Waals surface area contributed by atoms with Gasteiger partial charge in [0, 0.05) is 0 Å². The molecule has 0 heterocycles. The Labute approximate surface area is 168 Å². The first-order valence-electron chi connectivity index (χ1n) is 8.54. The summed E-state index contributed by atoms with van der Waals surface area (Å²) >= 11 is 6.12. The number of benzene rings is 2. The van der Waals surface area contributed by atoms with Gasteiger partial charge in [0.05, 0.1) is 42.5 Å². The van der Waals surface area contributed by atoms with E-state index in [0.29, 0.717) is 0 Å². The first-order chi connectivity index (χ1) is 13.2. The topological polar surface area (TPSA) is 81.7 Å². The Kier molecular flexibility index (Phi) is 6.80. The van der Waals surface area contributed by atoms with Crippen molar-refractivity contribution in [3.63, 3.8) is 0 Å². The summed E-state index contributed by atoms with van der Waals surface area (Å²) in [5, 5.41) is 2.73. The lowest BCUT2D eigenvalue weighted by Gasteiger charge is -2.13. The van der Waals surface area contributed by atoms with Crippen molar-refractivity contribution in [2.24, 2.45) is 0 Å². The molecule has 0 radical (unpaired) electrons.